The Morgan fingerprint density at radius 1 is 1.67 bits per heavy atom. The fourth-order valence-electron chi connectivity index (χ4n) is 1.60. The lowest BCUT2D eigenvalue weighted by Crippen LogP contribution is -2.24. The van der Waals surface area contributed by atoms with E-state index >= 15 is 0 Å². The van der Waals surface area contributed by atoms with E-state index in [2.05, 4.69) is 0 Å². The van der Waals surface area contributed by atoms with E-state index in [9.17, 15) is 9.18 Å². The summed E-state index contributed by atoms with van der Waals surface area (Å²) in [7, 11) is 1.59. The molecule has 0 spiro atoms. The largest absolute Gasteiger partial charge is 0.478 e. The summed E-state index contributed by atoms with van der Waals surface area (Å²) in [5.74, 6) is -2.11. The van der Waals surface area contributed by atoms with Crippen LogP contribution < -0.4 is 10.6 Å². The van der Waals surface area contributed by atoms with Crippen LogP contribution >= 0.6 is 0 Å². The third kappa shape index (κ3) is 2.88. The van der Waals surface area contributed by atoms with Gasteiger partial charge in [-0.25, -0.2) is 9.18 Å². The van der Waals surface area contributed by atoms with E-state index in [-0.39, 0.29) is 22.9 Å². The van der Waals surface area contributed by atoms with Crippen LogP contribution in [0, 0.1) is 23.1 Å². The quantitative estimate of drug-likeness (QED) is 0.795. The predicted molar refractivity (Wildman–Crippen MR) is 65.8 cm³/mol. The van der Waals surface area contributed by atoms with E-state index in [0.29, 0.717) is 6.54 Å². The summed E-state index contributed by atoms with van der Waals surface area (Å²) in [6.45, 7) is 2.00. The van der Waals surface area contributed by atoms with Crippen molar-refractivity contribution in [2.75, 3.05) is 24.2 Å². The first-order valence-corrected chi connectivity index (χ1v) is 5.30. The molecule has 18 heavy (non-hydrogen) atoms. The maximum Gasteiger partial charge on any atom is 0.337 e. The van der Waals surface area contributed by atoms with Crippen molar-refractivity contribution >= 4 is 17.3 Å². The van der Waals surface area contributed by atoms with Crippen LogP contribution in [0.5, 0.6) is 0 Å². The Balaban J connectivity index is 3.13. The number of carboxylic acids is 1. The number of carbonyl (C=O) groups is 1. The van der Waals surface area contributed by atoms with Crippen LogP contribution in [0.3, 0.4) is 0 Å². The zero-order chi connectivity index (χ0) is 13.9. The summed E-state index contributed by atoms with van der Waals surface area (Å²) < 4.78 is 13.7. The van der Waals surface area contributed by atoms with Crippen LogP contribution in [0.2, 0.25) is 0 Å². The molecule has 0 fully saturated rings. The number of nitrogens with zero attached hydrogens (tertiary/aromatic N) is 2. The molecular weight excluding hydrogens is 237 g/mol. The summed E-state index contributed by atoms with van der Waals surface area (Å²) in [5, 5.41) is 17.6. The summed E-state index contributed by atoms with van der Waals surface area (Å²) in [4.78, 5) is 12.4. The Kier molecular flexibility index (Phi) is 4.10. The Labute approximate surface area is 104 Å². The van der Waals surface area contributed by atoms with E-state index in [1.807, 2.05) is 6.07 Å². The number of nitrogen functional groups attached to an aromatic ring is 1. The number of rotatable bonds is 4. The SMILES string of the molecule is CC(C#N)CN(C)c1cc(C(=O)O)c(N)cc1F. The molecule has 1 unspecified atom stereocenters. The molecule has 1 atom stereocenters. The minimum Gasteiger partial charge on any atom is -0.478 e. The van der Waals surface area contributed by atoms with Crippen molar-refractivity contribution < 1.29 is 14.3 Å². The Bertz CT molecular complexity index is 511. The first-order chi connectivity index (χ1) is 8.36. The Morgan fingerprint density at radius 3 is 2.78 bits per heavy atom. The lowest BCUT2D eigenvalue weighted by atomic mass is 10.1. The standard InChI is InChI=1S/C12H14FN3O2/c1-7(5-14)6-16(2)11-3-8(12(17)18)10(15)4-9(11)13/h3-4,7H,6,15H2,1-2H3,(H,17,18). The maximum atomic E-state index is 13.7. The van der Waals surface area contributed by atoms with Gasteiger partial charge in [-0.3, -0.25) is 0 Å². The minimum absolute atomic E-state index is 0.115. The first kappa shape index (κ1) is 13.8. The van der Waals surface area contributed by atoms with Gasteiger partial charge in [-0.05, 0) is 19.1 Å². The van der Waals surface area contributed by atoms with Gasteiger partial charge in [-0.1, -0.05) is 0 Å². The van der Waals surface area contributed by atoms with Gasteiger partial charge in [0.2, 0.25) is 0 Å². The average molecular weight is 251 g/mol. The first-order valence-electron chi connectivity index (χ1n) is 5.30. The van der Waals surface area contributed by atoms with Crippen LogP contribution in [-0.2, 0) is 0 Å². The molecule has 0 saturated carbocycles. The monoisotopic (exact) mass is 251 g/mol. The molecule has 0 aliphatic carbocycles. The number of aromatic carboxylic acids is 1. The second kappa shape index (κ2) is 5.36. The predicted octanol–water partition coefficient (Wildman–Crippen LogP) is 1.70. The van der Waals surface area contributed by atoms with Gasteiger partial charge >= 0.3 is 5.97 Å². The zero-order valence-corrected chi connectivity index (χ0v) is 10.1. The fraction of sp³-hybridized carbons (Fsp3) is 0.333. The van der Waals surface area contributed by atoms with Crippen LogP contribution in [0.15, 0.2) is 12.1 Å². The lowest BCUT2D eigenvalue weighted by molar-refractivity contribution is 0.0698. The van der Waals surface area contributed by atoms with Crippen molar-refractivity contribution in [2.45, 2.75) is 6.92 Å². The van der Waals surface area contributed by atoms with Crippen LogP contribution in [0.25, 0.3) is 0 Å². The molecule has 0 aromatic heterocycles. The molecule has 0 aliphatic heterocycles. The van der Waals surface area contributed by atoms with E-state index < -0.39 is 11.8 Å². The van der Waals surface area contributed by atoms with Gasteiger partial charge in [0.15, 0.2) is 0 Å². The van der Waals surface area contributed by atoms with Crippen LogP contribution in [-0.4, -0.2) is 24.7 Å². The average Bonchev–Trinajstić information content (AvgIpc) is 2.27. The molecule has 96 valence electrons. The lowest BCUT2D eigenvalue weighted by Gasteiger charge is -2.21. The smallest absolute Gasteiger partial charge is 0.337 e. The van der Waals surface area contributed by atoms with E-state index in [1.165, 1.54) is 11.0 Å². The highest BCUT2D eigenvalue weighted by Gasteiger charge is 2.16. The number of benzene rings is 1. The summed E-state index contributed by atoms with van der Waals surface area (Å²) in [6.07, 6.45) is 0. The highest BCUT2D eigenvalue weighted by molar-refractivity contribution is 5.95. The molecule has 0 radical (unpaired) electrons. The molecule has 1 rings (SSSR count). The van der Waals surface area contributed by atoms with Gasteiger partial charge in [0.1, 0.15) is 5.82 Å². The van der Waals surface area contributed by atoms with Gasteiger partial charge in [0, 0.05) is 19.3 Å². The molecule has 0 aliphatic rings. The number of hydrogen-bond acceptors (Lipinski definition) is 4. The molecule has 6 heteroatoms. The maximum absolute atomic E-state index is 13.7. The van der Waals surface area contributed by atoms with Crippen LogP contribution in [0.4, 0.5) is 15.8 Å². The molecule has 5 nitrogen and oxygen atoms in total. The van der Waals surface area contributed by atoms with E-state index in [4.69, 9.17) is 16.1 Å². The number of anilines is 2. The number of hydrogen-bond donors (Lipinski definition) is 2. The molecule has 0 amide bonds. The van der Waals surface area contributed by atoms with Gasteiger partial charge in [-0.2, -0.15) is 5.26 Å². The van der Waals surface area contributed by atoms with Crippen molar-refractivity contribution in [3.63, 3.8) is 0 Å². The second-order valence-electron chi connectivity index (χ2n) is 4.11. The van der Waals surface area contributed by atoms with Gasteiger partial charge in [0.05, 0.1) is 23.2 Å². The molecular formula is C12H14FN3O2. The van der Waals surface area contributed by atoms with Gasteiger partial charge in [0.25, 0.3) is 0 Å². The van der Waals surface area contributed by atoms with Crippen molar-refractivity contribution in [3.8, 4) is 6.07 Å². The minimum atomic E-state index is -1.21. The summed E-state index contributed by atoms with van der Waals surface area (Å²) in [6, 6.07) is 4.18. The summed E-state index contributed by atoms with van der Waals surface area (Å²) in [5.41, 5.74) is 5.27. The number of carboxylic acid groups (broad SMARTS) is 1. The van der Waals surface area contributed by atoms with Crippen molar-refractivity contribution in [1.82, 2.24) is 0 Å². The second-order valence-corrected chi connectivity index (χ2v) is 4.11. The highest BCUT2D eigenvalue weighted by Crippen LogP contribution is 2.25. The van der Waals surface area contributed by atoms with Crippen molar-refractivity contribution in [3.05, 3.63) is 23.5 Å². The fourth-order valence-corrected chi connectivity index (χ4v) is 1.60. The topological polar surface area (TPSA) is 90.3 Å². The molecule has 1 aromatic rings. The van der Waals surface area contributed by atoms with Crippen molar-refractivity contribution in [1.29, 1.82) is 5.26 Å². The number of halogens is 1. The van der Waals surface area contributed by atoms with Gasteiger partial charge < -0.3 is 15.7 Å². The van der Waals surface area contributed by atoms with Crippen molar-refractivity contribution in [2.24, 2.45) is 5.92 Å². The van der Waals surface area contributed by atoms with E-state index in [1.54, 1.807) is 14.0 Å². The third-order valence-corrected chi connectivity index (χ3v) is 2.53. The third-order valence-electron chi connectivity index (χ3n) is 2.53. The Hall–Kier alpha value is -2.29. The zero-order valence-electron chi connectivity index (χ0n) is 10.1. The Morgan fingerprint density at radius 2 is 2.28 bits per heavy atom. The molecule has 0 heterocycles. The number of nitriles is 1. The molecule has 1 aromatic carbocycles. The van der Waals surface area contributed by atoms with Crippen LogP contribution in [0.1, 0.15) is 17.3 Å². The molecule has 3 N–H and O–H groups in total. The highest BCUT2D eigenvalue weighted by atomic mass is 19.1. The number of nitrogens with two attached hydrogens (primary N) is 1. The van der Waals surface area contributed by atoms with E-state index in [0.717, 1.165) is 6.07 Å². The molecule has 0 bridgehead atoms. The normalized spacial score (nSPS) is 11.7. The molecule has 0 saturated heterocycles. The van der Waals surface area contributed by atoms with Gasteiger partial charge in [-0.15, -0.1) is 0 Å². The summed E-state index contributed by atoms with van der Waals surface area (Å²) >= 11 is 0.